The van der Waals surface area contributed by atoms with Crippen molar-refractivity contribution in [3.63, 3.8) is 0 Å². The van der Waals surface area contributed by atoms with E-state index in [0.29, 0.717) is 6.42 Å². The van der Waals surface area contributed by atoms with Gasteiger partial charge in [0.15, 0.2) is 0 Å². The molecule has 0 spiro atoms. The van der Waals surface area contributed by atoms with E-state index >= 15 is 0 Å². The van der Waals surface area contributed by atoms with Crippen LogP contribution in [0.3, 0.4) is 0 Å². The van der Waals surface area contributed by atoms with Crippen LogP contribution in [0.25, 0.3) is 0 Å². The summed E-state index contributed by atoms with van der Waals surface area (Å²) in [6, 6.07) is 8.13. The van der Waals surface area contributed by atoms with Crippen molar-refractivity contribution in [2.24, 2.45) is 0 Å². The number of nitrogens with zero attached hydrogens (tertiary/aromatic N) is 1. The van der Waals surface area contributed by atoms with E-state index in [1.165, 1.54) is 5.56 Å². The lowest BCUT2D eigenvalue weighted by Gasteiger charge is -2.39. The molecule has 0 saturated carbocycles. The Balaban J connectivity index is 1.80. The highest BCUT2D eigenvalue weighted by Crippen LogP contribution is 2.23. The Morgan fingerprint density at radius 1 is 1.42 bits per heavy atom. The van der Waals surface area contributed by atoms with Crippen molar-refractivity contribution in [1.82, 2.24) is 4.90 Å². The minimum absolute atomic E-state index is 0.158. The minimum atomic E-state index is 0.158. The Morgan fingerprint density at radius 2 is 2.16 bits per heavy atom. The van der Waals surface area contributed by atoms with Crippen LogP contribution in [0.15, 0.2) is 24.3 Å². The summed E-state index contributed by atoms with van der Waals surface area (Å²) in [6.07, 6.45) is 3.79. The van der Waals surface area contributed by atoms with Crippen LogP contribution in [0.2, 0.25) is 0 Å². The number of likely N-dealkylation sites (tertiary alicyclic amines) is 1. The van der Waals surface area contributed by atoms with Crippen LogP contribution in [-0.4, -0.2) is 42.0 Å². The van der Waals surface area contributed by atoms with E-state index in [2.05, 4.69) is 13.0 Å². The van der Waals surface area contributed by atoms with Crippen LogP contribution in [0, 0.1) is 0 Å². The van der Waals surface area contributed by atoms with Gasteiger partial charge < -0.3 is 9.64 Å². The van der Waals surface area contributed by atoms with Crippen LogP contribution >= 0.6 is 11.8 Å². The number of rotatable bonds is 6. The normalized spacial score (nSPS) is 15.2. The number of hydrogen-bond acceptors (Lipinski definition) is 3. The second-order valence-corrected chi connectivity index (χ2v) is 5.73. The Bertz CT molecular complexity index is 430. The Kier molecular flexibility index (Phi) is 5.14. The highest BCUT2D eigenvalue weighted by molar-refractivity contribution is 7.98. The molecule has 1 saturated heterocycles. The van der Waals surface area contributed by atoms with Crippen molar-refractivity contribution in [3.8, 4) is 5.75 Å². The predicted molar refractivity (Wildman–Crippen MR) is 79.8 cm³/mol. The predicted octanol–water partition coefficient (Wildman–Crippen LogP) is 2.59. The van der Waals surface area contributed by atoms with Gasteiger partial charge in [-0.1, -0.05) is 25.1 Å². The molecule has 0 aromatic heterocycles. The van der Waals surface area contributed by atoms with Crippen molar-refractivity contribution in [1.29, 1.82) is 0 Å². The number of hydrogen-bond donors (Lipinski definition) is 0. The fourth-order valence-electron chi connectivity index (χ4n) is 2.15. The quantitative estimate of drug-likeness (QED) is 0.801. The lowest BCUT2D eigenvalue weighted by molar-refractivity contribution is -0.139. The van der Waals surface area contributed by atoms with Crippen molar-refractivity contribution < 1.29 is 9.53 Å². The maximum atomic E-state index is 11.8. The maximum Gasteiger partial charge on any atom is 0.223 e. The van der Waals surface area contributed by atoms with E-state index in [4.69, 9.17) is 4.74 Å². The van der Waals surface area contributed by atoms with E-state index in [-0.39, 0.29) is 12.0 Å². The molecule has 1 aromatic carbocycles. The first-order valence-electron chi connectivity index (χ1n) is 6.75. The summed E-state index contributed by atoms with van der Waals surface area (Å²) < 4.78 is 5.96. The largest absolute Gasteiger partial charge is 0.486 e. The van der Waals surface area contributed by atoms with Gasteiger partial charge in [-0.25, -0.2) is 0 Å². The van der Waals surface area contributed by atoms with Gasteiger partial charge >= 0.3 is 0 Å². The number of thioether (sulfide) groups is 1. The van der Waals surface area contributed by atoms with E-state index in [0.717, 1.165) is 31.0 Å². The van der Waals surface area contributed by atoms with Crippen LogP contribution in [0.4, 0.5) is 0 Å². The third-order valence-corrected chi connectivity index (χ3v) is 3.98. The number of carbonyl (C=O) groups excluding carboxylic acids is 1. The molecule has 0 N–H and O–H groups in total. The lowest BCUT2D eigenvalue weighted by atomic mass is 10.1. The van der Waals surface area contributed by atoms with E-state index in [1.807, 2.05) is 29.4 Å². The molecular weight excluding hydrogens is 258 g/mol. The molecule has 0 radical (unpaired) electrons. The first-order valence-corrected chi connectivity index (χ1v) is 8.15. The zero-order chi connectivity index (χ0) is 13.7. The molecule has 2 rings (SSSR count). The molecule has 1 amide bonds. The molecule has 4 heteroatoms. The van der Waals surface area contributed by atoms with Gasteiger partial charge in [-0.2, -0.15) is 11.8 Å². The molecule has 1 aliphatic rings. The van der Waals surface area contributed by atoms with E-state index in [9.17, 15) is 4.79 Å². The van der Waals surface area contributed by atoms with Crippen molar-refractivity contribution in [2.75, 3.05) is 25.1 Å². The summed E-state index contributed by atoms with van der Waals surface area (Å²) in [5, 5.41) is 0. The van der Waals surface area contributed by atoms with Gasteiger partial charge in [0.2, 0.25) is 5.91 Å². The second-order valence-electron chi connectivity index (χ2n) is 4.74. The van der Waals surface area contributed by atoms with Gasteiger partial charge in [-0.3, -0.25) is 4.79 Å². The first kappa shape index (κ1) is 14.3. The Morgan fingerprint density at radius 3 is 2.84 bits per heavy atom. The Labute approximate surface area is 119 Å². The van der Waals surface area contributed by atoms with Crippen LogP contribution in [-0.2, 0) is 11.2 Å². The third kappa shape index (κ3) is 3.66. The number of carbonyl (C=O) groups is 1. The molecule has 0 unspecified atom stereocenters. The summed E-state index contributed by atoms with van der Waals surface area (Å²) in [5.41, 5.74) is 1.23. The number of benzene rings is 1. The van der Waals surface area contributed by atoms with E-state index in [1.54, 1.807) is 11.8 Å². The van der Waals surface area contributed by atoms with Crippen molar-refractivity contribution in [3.05, 3.63) is 29.8 Å². The molecule has 1 aliphatic heterocycles. The van der Waals surface area contributed by atoms with Gasteiger partial charge in [0, 0.05) is 12.2 Å². The summed E-state index contributed by atoms with van der Waals surface area (Å²) in [6.45, 7) is 3.58. The third-order valence-electron chi connectivity index (χ3n) is 3.37. The van der Waals surface area contributed by atoms with Gasteiger partial charge in [0.05, 0.1) is 13.1 Å². The zero-order valence-corrected chi connectivity index (χ0v) is 12.4. The smallest absolute Gasteiger partial charge is 0.223 e. The SMILES string of the molecule is CCc1ccccc1OC1CN(C(=O)CCSC)C1. The molecule has 1 fully saturated rings. The number of para-hydroxylation sites is 1. The molecular formula is C15H21NO2S. The minimum Gasteiger partial charge on any atom is -0.486 e. The average molecular weight is 279 g/mol. The number of aryl methyl sites for hydroxylation is 1. The van der Waals surface area contributed by atoms with Crippen LogP contribution in [0.5, 0.6) is 5.75 Å². The van der Waals surface area contributed by atoms with Crippen molar-refractivity contribution >= 4 is 17.7 Å². The fraction of sp³-hybridized carbons (Fsp3) is 0.533. The molecule has 0 bridgehead atoms. The first-order chi connectivity index (χ1) is 9.24. The van der Waals surface area contributed by atoms with Gasteiger partial charge in [0.1, 0.15) is 11.9 Å². The van der Waals surface area contributed by atoms with Crippen molar-refractivity contribution in [2.45, 2.75) is 25.9 Å². The second kappa shape index (κ2) is 6.85. The Hall–Kier alpha value is -1.16. The highest BCUT2D eigenvalue weighted by Gasteiger charge is 2.31. The zero-order valence-electron chi connectivity index (χ0n) is 11.6. The molecule has 3 nitrogen and oxygen atoms in total. The van der Waals surface area contributed by atoms with Crippen LogP contribution < -0.4 is 4.74 Å². The fourth-order valence-corrected chi connectivity index (χ4v) is 2.53. The van der Waals surface area contributed by atoms with Gasteiger partial charge in [-0.05, 0) is 24.3 Å². The summed E-state index contributed by atoms with van der Waals surface area (Å²) in [7, 11) is 0. The van der Waals surface area contributed by atoms with Gasteiger partial charge in [-0.15, -0.1) is 0 Å². The van der Waals surface area contributed by atoms with Gasteiger partial charge in [0.25, 0.3) is 0 Å². The monoisotopic (exact) mass is 279 g/mol. The average Bonchev–Trinajstić information content (AvgIpc) is 2.40. The molecule has 104 valence electrons. The summed E-state index contributed by atoms with van der Waals surface area (Å²) in [4.78, 5) is 13.6. The lowest BCUT2D eigenvalue weighted by Crippen LogP contribution is -2.56. The molecule has 19 heavy (non-hydrogen) atoms. The molecule has 0 aliphatic carbocycles. The topological polar surface area (TPSA) is 29.5 Å². The summed E-state index contributed by atoms with van der Waals surface area (Å²) >= 11 is 1.71. The highest BCUT2D eigenvalue weighted by atomic mass is 32.2. The molecule has 0 atom stereocenters. The standard InChI is InChI=1S/C15H21NO2S/c1-3-12-6-4-5-7-14(12)18-13-10-16(11-13)15(17)8-9-19-2/h4-7,13H,3,8-11H2,1-2H3. The number of ether oxygens (including phenoxy) is 1. The summed E-state index contributed by atoms with van der Waals surface area (Å²) in [5.74, 6) is 2.11. The molecule has 1 aromatic rings. The van der Waals surface area contributed by atoms with E-state index < -0.39 is 0 Å². The number of amides is 1. The maximum absolute atomic E-state index is 11.8. The van der Waals surface area contributed by atoms with Crippen LogP contribution in [0.1, 0.15) is 18.9 Å². The molecule has 1 heterocycles.